The number of rotatable bonds is 3. The molecule has 1 aromatic rings. The Balaban J connectivity index is 1.60. The molecule has 2 heterocycles. The van der Waals surface area contributed by atoms with Crippen molar-refractivity contribution in [3.05, 3.63) is 23.8 Å². The second-order valence-corrected chi connectivity index (χ2v) is 6.83. The maximum absolute atomic E-state index is 12.7. The van der Waals surface area contributed by atoms with Crippen LogP contribution in [0.2, 0.25) is 0 Å². The molecule has 2 aliphatic heterocycles. The van der Waals surface area contributed by atoms with Gasteiger partial charge in [0, 0.05) is 6.54 Å². The van der Waals surface area contributed by atoms with Gasteiger partial charge in [0.2, 0.25) is 5.91 Å². The molecule has 1 unspecified atom stereocenters. The summed E-state index contributed by atoms with van der Waals surface area (Å²) in [5.41, 5.74) is 0.911. The van der Waals surface area contributed by atoms with E-state index in [9.17, 15) is 4.79 Å². The van der Waals surface area contributed by atoms with Crippen LogP contribution in [0.5, 0.6) is 11.5 Å². The van der Waals surface area contributed by atoms with Gasteiger partial charge in [-0.15, -0.1) is 0 Å². The zero-order valence-electron chi connectivity index (χ0n) is 13.4. The summed E-state index contributed by atoms with van der Waals surface area (Å²) in [5, 5.41) is 6.66. The van der Waals surface area contributed by atoms with E-state index < -0.39 is 0 Å². The number of fused-ring (bicyclic) bond motifs is 1. The fourth-order valence-electron chi connectivity index (χ4n) is 4.02. The van der Waals surface area contributed by atoms with Gasteiger partial charge in [0.05, 0.1) is 11.5 Å². The van der Waals surface area contributed by atoms with Crippen LogP contribution in [-0.4, -0.2) is 32.2 Å². The topological polar surface area (TPSA) is 59.6 Å². The summed E-state index contributed by atoms with van der Waals surface area (Å²) < 4.78 is 11.3. The van der Waals surface area contributed by atoms with Gasteiger partial charge in [0.15, 0.2) is 11.5 Å². The molecule has 3 aliphatic rings. The minimum atomic E-state index is -0.241. The SMILES string of the molecule is O=C(NC1(c2ccc3c(c2)OCCO3)CCCC1)C1CCNC1. The Morgan fingerprint density at radius 1 is 1.17 bits per heavy atom. The second-order valence-electron chi connectivity index (χ2n) is 6.83. The van der Waals surface area contributed by atoms with Crippen LogP contribution >= 0.6 is 0 Å². The molecule has 5 heteroatoms. The molecule has 0 spiro atoms. The van der Waals surface area contributed by atoms with Crippen LogP contribution in [0.3, 0.4) is 0 Å². The Labute approximate surface area is 136 Å². The Kier molecular flexibility index (Phi) is 3.89. The molecule has 23 heavy (non-hydrogen) atoms. The minimum absolute atomic E-state index is 0.102. The Hall–Kier alpha value is -1.75. The van der Waals surface area contributed by atoms with Gasteiger partial charge in [0.1, 0.15) is 13.2 Å². The average Bonchev–Trinajstić information content (AvgIpc) is 3.27. The van der Waals surface area contributed by atoms with Crippen molar-refractivity contribution in [1.29, 1.82) is 0 Å². The smallest absolute Gasteiger partial charge is 0.225 e. The number of benzene rings is 1. The predicted molar refractivity (Wildman–Crippen MR) is 86.7 cm³/mol. The summed E-state index contributed by atoms with van der Waals surface area (Å²) in [5.74, 6) is 1.90. The van der Waals surface area contributed by atoms with Crippen molar-refractivity contribution in [1.82, 2.24) is 10.6 Å². The van der Waals surface area contributed by atoms with Crippen LogP contribution in [0.25, 0.3) is 0 Å². The fraction of sp³-hybridized carbons (Fsp3) is 0.611. The van der Waals surface area contributed by atoms with Crippen molar-refractivity contribution in [2.24, 2.45) is 5.92 Å². The van der Waals surface area contributed by atoms with Crippen molar-refractivity contribution in [3.63, 3.8) is 0 Å². The van der Waals surface area contributed by atoms with Crippen molar-refractivity contribution in [2.75, 3.05) is 26.3 Å². The molecule has 4 rings (SSSR count). The van der Waals surface area contributed by atoms with Crippen LogP contribution in [0.4, 0.5) is 0 Å². The van der Waals surface area contributed by atoms with Crippen LogP contribution in [0.15, 0.2) is 18.2 Å². The van der Waals surface area contributed by atoms with Crippen LogP contribution in [-0.2, 0) is 10.3 Å². The Bertz CT molecular complexity index is 590. The van der Waals surface area contributed by atoms with Gasteiger partial charge >= 0.3 is 0 Å². The number of hydrogen-bond donors (Lipinski definition) is 2. The molecule has 1 saturated heterocycles. The molecule has 0 radical (unpaired) electrons. The first-order valence-electron chi connectivity index (χ1n) is 8.70. The highest BCUT2D eigenvalue weighted by molar-refractivity contribution is 5.80. The molecule has 1 atom stereocenters. The zero-order valence-corrected chi connectivity index (χ0v) is 13.4. The number of hydrogen-bond acceptors (Lipinski definition) is 4. The van der Waals surface area contributed by atoms with E-state index in [0.717, 1.165) is 62.3 Å². The normalized spacial score (nSPS) is 25.3. The minimum Gasteiger partial charge on any atom is -0.486 e. The standard InChI is InChI=1S/C18H24N2O3/c21-17(13-5-8-19-12-13)20-18(6-1-2-7-18)14-3-4-15-16(11-14)23-10-9-22-15/h3-4,11,13,19H,1-2,5-10,12H2,(H,20,21). The first-order valence-corrected chi connectivity index (χ1v) is 8.70. The van der Waals surface area contributed by atoms with E-state index in [1.165, 1.54) is 0 Å². The number of carbonyl (C=O) groups is 1. The maximum Gasteiger partial charge on any atom is 0.225 e. The van der Waals surface area contributed by atoms with Crippen molar-refractivity contribution in [2.45, 2.75) is 37.6 Å². The lowest BCUT2D eigenvalue weighted by atomic mass is 9.87. The molecule has 1 aromatic carbocycles. The second kappa shape index (κ2) is 6.04. The first-order chi connectivity index (χ1) is 11.3. The molecule has 5 nitrogen and oxygen atoms in total. The highest BCUT2D eigenvalue weighted by Crippen LogP contribution is 2.42. The van der Waals surface area contributed by atoms with Crippen molar-refractivity contribution < 1.29 is 14.3 Å². The largest absolute Gasteiger partial charge is 0.486 e. The monoisotopic (exact) mass is 316 g/mol. The van der Waals surface area contributed by atoms with E-state index in [4.69, 9.17) is 9.47 Å². The molecular formula is C18H24N2O3. The van der Waals surface area contributed by atoms with Gasteiger partial charge in [0.25, 0.3) is 0 Å². The zero-order chi connectivity index (χ0) is 15.7. The van der Waals surface area contributed by atoms with E-state index in [1.54, 1.807) is 0 Å². The number of nitrogens with one attached hydrogen (secondary N) is 2. The molecule has 124 valence electrons. The van der Waals surface area contributed by atoms with E-state index in [1.807, 2.05) is 6.07 Å². The molecule has 1 aliphatic carbocycles. The van der Waals surface area contributed by atoms with Crippen molar-refractivity contribution >= 4 is 5.91 Å². The Morgan fingerprint density at radius 2 is 1.96 bits per heavy atom. The highest BCUT2D eigenvalue weighted by Gasteiger charge is 2.39. The number of ether oxygens (including phenoxy) is 2. The molecule has 2 fully saturated rings. The first kappa shape index (κ1) is 14.8. The third-order valence-corrected chi connectivity index (χ3v) is 5.35. The molecule has 1 saturated carbocycles. The highest BCUT2D eigenvalue weighted by atomic mass is 16.6. The van der Waals surface area contributed by atoms with Gasteiger partial charge in [-0.1, -0.05) is 18.9 Å². The van der Waals surface area contributed by atoms with Gasteiger partial charge in [-0.2, -0.15) is 0 Å². The van der Waals surface area contributed by atoms with Gasteiger partial charge in [-0.05, 0) is 43.5 Å². The fourth-order valence-corrected chi connectivity index (χ4v) is 4.02. The quantitative estimate of drug-likeness (QED) is 0.895. The van der Waals surface area contributed by atoms with Gasteiger partial charge < -0.3 is 20.1 Å². The third kappa shape index (κ3) is 2.78. The molecule has 0 aromatic heterocycles. The number of amides is 1. The van der Waals surface area contributed by atoms with Crippen molar-refractivity contribution in [3.8, 4) is 11.5 Å². The van der Waals surface area contributed by atoms with Gasteiger partial charge in [-0.25, -0.2) is 0 Å². The average molecular weight is 316 g/mol. The summed E-state index contributed by atoms with van der Waals surface area (Å²) in [4.78, 5) is 12.7. The van der Waals surface area contributed by atoms with Crippen LogP contribution in [0.1, 0.15) is 37.7 Å². The predicted octanol–water partition coefficient (Wildman–Crippen LogP) is 1.95. The number of carbonyl (C=O) groups excluding carboxylic acids is 1. The lowest BCUT2D eigenvalue weighted by Gasteiger charge is -2.33. The summed E-state index contributed by atoms with van der Waals surface area (Å²) in [6, 6.07) is 6.13. The molecule has 1 amide bonds. The van der Waals surface area contributed by atoms with Crippen LogP contribution < -0.4 is 20.1 Å². The van der Waals surface area contributed by atoms with E-state index >= 15 is 0 Å². The van der Waals surface area contributed by atoms with E-state index in [2.05, 4.69) is 22.8 Å². The van der Waals surface area contributed by atoms with E-state index in [0.29, 0.717) is 13.2 Å². The van der Waals surface area contributed by atoms with Gasteiger partial charge in [-0.3, -0.25) is 4.79 Å². The lowest BCUT2D eigenvalue weighted by molar-refractivity contribution is -0.126. The van der Waals surface area contributed by atoms with E-state index in [-0.39, 0.29) is 17.4 Å². The molecule has 0 bridgehead atoms. The third-order valence-electron chi connectivity index (χ3n) is 5.35. The maximum atomic E-state index is 12.7. The Morgan fingerprint density at radius 3 is 2.70 bits per heavy atom. The molecule has 2 N–H and O–H groups in total. The lowest BCUT2D eigenvalue weighted by Crippen LogP contribution is -2.46. The summed E-state index contributed by atoms with van der Waals surface area (Å²) in [6.45, 7) is 2.92. The summed E-state index contributed by atoms with van der Waals surface area (Å²) in [6.07, 6.45) is 5.23. The summed E-state index contributed by atoms with van der Waals surface area (Å²) in [7, 11) is 0. The van der Waals surface area contributed by atoms with Crippen LogP contribution in [0, 0.1) is 5.92 Å². The summed E-state index contributed by atoms with van der Waals surface area (Å²) >= 11 is 0. The molecular weight excluding hydrogens is 292 g/mol.